The second-order valence-corrected chi connectivity index (χ2v) is 7.30. The molecule has 30 heavy (non-hydrogen) atoms. The first-order chi connectivity index (χ1) is 14.6. The van der Waals surface area contributed by atoms with Gasteiger partial charge in [0, 0.05) is 6.54 Å². The Hall–Kier alpha value is -3.38. The summed E-state index contributed by atoms with van der Waals surface area (Å²) in [5.41, 5.74) is 2.35. The zero-order chi connectivity index (χ0) is 21.1. The molecule has 0 unspecified atom stereocenters. The quantitative estimate of drug-likeness (QED) is 0.472. The van der Waals surface area contributed by atoms with Gasteiger partial charge in [-0.05, 0) is 65.3 Å². The summed E-state index contributed by atoms with van der Waals surface area (Å²) in [4.78, 5) is 13.9. The highest BCUT2D eigenvalue weighted by molar-refractivity contribution is 7.80. The Labute approximate surface area is 180 Å². The van der Waals surface area contributed by atoms with Crippen LogP contribution in [0.15, 0.2) is 66.4 Å². The number of nitrogens with one attached hydrogen (secondary N) is 1. The highest BCUT2D eigenvalue weighted by atomic mass is 32.1. The molecule has 0 atom stereocenters. The average molecular weight is 419 g/mol. The predicted molar refractivity (Wildman–Crippen MR) is 122 cm³/mol. The first-order valence-corrected chi connectivity index (χ1v) is 10.1. The summed E-state index contributed by atoms with van der Waals surface area (Å²) in [5, 5.41) is 5.77. The van der Waals surface area contributed by atoms with Crippen LogP contribution in [-0.4, -0.2) is 29.6 Å². The van der Waals surface area contributed by atoms with Gasteiger partial charge in [0.2, 0.25) is 0 Å². The smallest absolute Gasteiger partial charge is 0.276 e. The summed E-state index contributed by atoms with van der Waals surface area (Å²) in [5.74, 6) is 1.12. The molecule has 1 heterocycles. The number of carbonyl (C=O) groups excluding carboxylic acids is 1. The minimum Gasteiger partial charge on any atom is -0.493 e. The minimum absolute atomic E-state index is 0.127. The Kier molecular flexibility index (Phi) is 5.68. The van der Waals surface area contributed by atoms with Crippen molar-refractivity contribution < 1.29 is 14.3 Å². The van der Waals surface area contributed by atoms with E-state index in [0.29, 0.717) is 35.5 Å². The van der Waals surface area contributed by atoms with Crippen molar-refractivity contribution in [3.8, 4) is 11.5 Å². The van der Waals surface area contributed by atoms with Gasteiger partial charge in [0.05, 0.1) is 7.11 Å². The normalized spacial score (nSPS) is 15.0. The fourth-order valence-corrected chi connectivity index (χ4v) is 3.73. The van der Waals surface area contributed by atoms with Crippen molar-refractivity contribution in [2.24, 2.45) is 0 Å². The van der Waals surface area contributed by atoms with Gasteiger partial charge in [0.15, 0.2) is 16.6 Å². The number of amides is 1. The number of hydrogen-bond acceptors (Lipinski definition) is 4. The lowest BCUT2D eigenvalue weighted by atomic mass is 10.1. The number of likely N-dealkylation sites (N-methyl/N-ethyl adjacent to an activating group) is 1. The van der Waals surface area contributed by atoms with E-state index in [1.54, 1.807) is 13.2 Å². The molecular formula is C24H22N2O3S. The third kappa shape index (κ3) is 4.00. The van der Waals surface area contributed by atoms with Crippen LogP contribution in [0.2, 0.25) is 0 Å². The lowest BCUT2D eigenvalue weighted by molar-refractivity contribution is -0.122. The van der Waals surface area contributed by atoms with Crippen LogP contribution in [0.4, 0.5) is 0 Å². The van der Waals surface area contributed by atoms with Crippen LogP contribution >= 0.6 is 12.2 Å². The van der Waals surface area contributed by atoms with Gasteiger partial charge in [-0.15, -0.1) is 0 Å². The lowest BCUT2D eigenvalue weighted by Gasteiger charge is -2.12. The van der Waals surface area contributed by atoms with Crippen LogP contribution in [-0.2, 0) is 11.4 Å². The zero-order valence-corrected chi connectivity index (χ0v) is 17.7. The number of benzene rings is 3. The van der Waals surface area contributed by atoms with Crippen molar-refractivity contribution in [3.63, 3.8) is 0 Å². The van der Waals surface area contributed by atoms with E-state index >= 15 is 0 Å². The first-order valence-electron chi connectivity index (χ1n) is 9.72. The van der Waals surface area contributed by atoms with Crippen LogP contribution in [0.1, 0.15) is 18.1 Å². The number of thiocarbonyl (C=S) groups is 1. The van der Waals surface area contributed by atoms with Crippen molar-refractivity contribution >= 4 is 40.1 Å². The second kappa shape index (κ2) is 8.55. The molecule has 1 fully saturated rings. The van der Waals surface area contributed by atoms with Crippen molar-refractivity contribution in [2.75, 3.05) is 13.7 Å². The van der Waals surface area contributed by atoms with Gasteiger partial charge >= 0.3 is 0 Å². The van der Waals surface area contributed by atoms with Crippen LogP contribution < -0.4 is 14.8 Å². The SMILES string of the molecule is CCN1C(=O)/C(=C/c2ccc(OCc3ccc4ccccc4c3)c(OC)c2)NC1=S. The van der Waals surface area contributed by atoms with Crippen molar-refractivity contribution in [1.29, 1.82) is 0 Å². The molecule has 0 aromatic heterocycles. The van der Waals surface area contributed by atoms with E-state index in [0.717, 1.165) is 11.1 Å². The third-order valence-electron chi connectivity index (χ3n) is 4.99. The summed E-state index contributed by atoms with van der Waals surface area (Å²) < 4.78 is 11.5. The summed E-state index contributed by atoms with van der Waals surface area (Å²) in [6.07, 6.45) is 1.76. The van der Waals surface area contributed by atoms with Crippen LogP contribution in [0.25, 0.3) is 16.8 Å². The molecule has 3 aromatic carbocycles. The molecule has 1 amide bonds. The predicted octanol–water partition coefficient (Wildman–Crippen LogP) is 4.50. The third-order valence-corrected chi connectivity index (χ3v) is 5.31. The Morgan fingerprint density at radius 3 is 2.57 bits per heavy atom. The molecule has 0 radical (unpaired) electrons. The zero-order valence-electron chi connectivity index (χ0n) is 16.8. The largest absolute Gasteiger partial charge is 0.493 e. The lowest BCUT2D eigenvalue weighted by Crippen LogP contribution is -2.30. The van der Waals surface area contributed by atoms with Gasteiger partial charge < -0.3 is 14.8 Å². The minimum atomic E-state index is -0.127. The summed E-state index contributed by atoms with van der Waals surface area (Å²) >= 11 is 5.20. The van der Waals surface area contributed by atoms with E-state index in [4.69, 9.17) is 21.7 Å². The number of hydrogen-bond donors (Lipinski definition) is 1. The van der Waals surface area contributed by atoms with E-state index in [1.165, 1.54) is 15.7 Å². The molecule has 0 saturated carbocycles. The van der Waals surface area contributed by atoms with Gasteiger partial charge in [0.1, 0.15) is 12.3 Å². The monoisotopic (exact) mass is 418 g/mol. The molecule has 1 aliphatic heterocycles. The Morgan fingerprint density at radius 1 is 1.03 bits per heavy atom. The molecule has 5 nitrogen and oxygen atoms in total. The van der Waals surface area contributed by atoms with Crippen molar-refractivity contribution in [2.45, 2.75) is 13.5 Å². The molecule has 1 N–H and O–H groups in total. The standard InChI is InChI=1S/C24H22N2O3S/c1-3-26-23(27)20(25-24(26)30)13-16-9-11-21(22(14-16)28-2)29-15-17-8-10-18-6-4-5-7-19(18)12-17/h4-14H,3,15H2,1-2H3,(H,25,30)/b20-13-. The summed E-state index contributed by atoms with van der Waals surface area (Å²) in [6, 6.07) is 20.1. The Bertz CT molecular complexity index is 1160. The van der Waals surface area contributed by atoms with E-state index in [1.807, 2.05) is 37.3 Å². The highest BCUT2D eigenvalue weighted by Gasteiger charge is 2.29. The number of nitrogens with zero attached hydrogens (tertiary/aromatic N) is 1. The topological polar surface area (TPSA) is 50.8 Å². The highest BCUT2D eigenvalue weighted by Crippen LogP contribution is 2.30. The fourth-order valence-electron chi connectivity index (χ4n) is 3.41. The first kappa shape index (κ1) is 19.9. The van der Waals surface area contributed by atoms with E-state index < -0.39 is 0 Å². The van der Waals surface area contributed by atoms with Gasteiger partial charge in [-0.25, -0.2) is 0 Å². The van der Waals surface area contributed by atoms with E-state index in [2.05, 4.69) is 35.6 Å². The van der Waals surface area contributed by atoms with Crippen molar-refractivity contribution in [1.82, 2.24) is 10.2 Å². The Balaban J connectivity index is 1.51. The van der Waals surface area contributed by atoms with Gasteiger partial charge in [0.25, 0.3) is 5.91 Å². The van der Waals surface area contributed by atoms with Crippen LogP contribution in [0.5, 0.6) is 11.5 Å². The fraction of sp³-hybridized carbons (Fsp3) is 0.167. The average Bonchev–Trinajstić information content (AvgIpc) is 3.04. The number of methoxy groups -OCH3 is 1. The molecule has 6 heteroatoms. The molecule has 0 aliphatic carbocycles. The molecule has 1 saturated heterocycles. The van der Waals surface area contributed by atoms with E-state index in [9.17, 15) is 4.79 Å². The maximum atomic E-state index is 12.4. The summed E-state index contributed by atoms with van der Waals surface area (Å²) in [6.45, 7) is 2.85. The number of rotatable bonds is 6. The maximum Gasteiger partial charge on any atom is 0.276 e. The van der Waals surface area contributed by atoms with E-state index in [-0.39, 0.29) is 5.91 Å². The van der Waals surface area contributed by atoms with Crippen LogP contribution in [0, 0.1) is 0 Å². The number of fused-ring (bicyclic) bond motifs is 1. The molecule has 0 spiro atoms. The van der Waals surface area contributed by atoms with Gasteiger partial charge in [-0.1, -0.05) is 42.5 Å². The van der Waals surface area contributed by atoms with Crippen molar-refractivity contribution in [3.05, 3.63) is 77.5 Å². The molecule has 1 aliphatic rings. The molecule has 4 rings (SSSR count). The number of ether oxygens (including phenoxy) is 2. The van der Waals surface area contributed by atoms with Crippen LogP contribution in [0.3, 0.4) is 0 Å². The second-order valence-electron chi connectivity index (χ2n) is 6.92. The maximum absolute atomic E-state index is 12.4. The Morgan fingerprint density at radius 2 is 1.83 bits per heavy atom. The molecule has 0 bridgehead atoms. The molecule has 3 aromatic rings. The molecular weight excluding hydrogens is 396 g/mol. The van der Waals surface area contributed by atoms with Gasteiger partial charge in [-0.2, -0.15) is 0 Å². The van der Waals surface area contributed by atoms with Gasteiger partial charge in [-0.3, -0.25) is 9.69 Å². The number of carbonyl (C=O) groups is 1. The molecule has 152 valence electrons. The summed E-state index contributed by atoms with van der Waals surface area (Å²) in [7, 11) is 1.60.